The average Bonchev–Trinajstić information content (AvgIpc) is 2.98. The van der Waals surface area contributed by atoms with Gasteiger partial charge >= 0.3 is 0 Å². The molecule has 2 rings (SSSR count). The molecule has 1 aromatic heterocycles. The van der Waals surface area contributed by atoms with Crippen molar-refractivity contribution >= 4 is 52.9 Å². The fraction of sp³-hybridized carbons (Fsp3) is 0.312. The van der Waals surface area contributed by atoms with Crippen molar-refractivity contribution < 1.29 is 9.18 Å². The number of hydrogen-bond acceptors (Lipinski definition) is 4. The standard InChI is InChI=1S/C16H20FN5OS.HI/c1-3-18-16(21-10-15-19-8-11(2)24-15)20-9-14(23)22-13-6-4-12(17)5-7-13;/h4-8H,3,9-10H2,1-2H3,(H,22,23)(H2,18,20,21);1H. The van der Waals surface area contributed by atoms with Crippen molar-refractivity contribution in [1.82, 2.24) is 15.6 Å². The fourth-order valence-electron chi connectivity index (χ4n) is 1.87. The van der Waals surface area contributed by atoms with Gasteiger partial charge in [-0.05, 0) is 38.1 Å². The van der Waals surface area contributed by atoms with Gasteiger partial charge in [0.15, 0.2) is 5.96 Å². The molecule has 0 fully saturated rings. The number of carbonyl (C=O) groups excluding carboxylic acids is 1. The quantitative estimate of drug-likeness (QED) is 0.340. The van der Waals surface area contributed by atoms with Gasteiger partial charge in [-0.25, -0.2) is 14.4 Å². The molecule has 0 saturated heterocycles. The first kappa shape index (κ1) is 21.3. The third kappa shape index (κ3) is 7.78. The molecule has 0 aliphatic heterocycles. The molecule has 1 heterocycles. The van der Waals surface area contributed by atoms with Gasteiger partial charge in [-0.2, -0.15) is 0 Å². The number of carbonyl (C=O) groups is 1. The zero-order valence-corrected chi connectivity index (χ0v) is 17.2. The lowest BCUT2D eigenvalue weighted by molar-refractivity contribution is -0.114. The molecular formula is C16H21FIN5OS. The minimum atomic E-state index is -0.345. The fourth-order valence-corrected chi connectivity index (χ4v) is 2.60. The number of thiazole rings is 1. The highest BCUT2D eigenvalue weighted by Gasteiger charge is 2.05. The normalized spacial score (nSPS) is 10.8. The zero-order chi connectivity index (χ0) is 17.4. The van der Waals surface area contributed by atoms with Gasteiger partial charge < -0.3 is 16.0 Å². The van der Waals surface area contributed by atoms with Gasteiger partial charge in [0, 0.05) is 23.3 Å². The number of aryl methyl sites for hydroxylation is 1. The van der Waals surface area contributed by atoms with E-state index in [-0.39, 0.29) is 42.2 Å². The molecule has 0 aliphatic carbocycles. The molecule has 0 atom stereocenters. The van der Waals surface area contributed by atoms with E-state index in [0.29, 0.717) is 24.7 Å². The first-order valence-electron chi connectivity index (χ1n) is 7.55. The largest absolute Gasteiger partial charge is 0.357 e. The second-order valence-corrected chi connectivity index (χ2v) is 6.29. The van der Waals surface area contributed by atoms with Crippen molar-refractivity contribution in [2.24, 2.45) is 4.99 Å². The second kappa shape index (κ2) is 11.0. The van der Waals surface area contributed by atoms with E-state index in [4.69, 9.17) is 0 Å². The summed E-state index contributed by atoms with van der Waals surface area (Å²) in [5.41, 5.74) is 0.535. The number of benzene rings is 1. The Balaban J connectivity index is 0.00000312. The monoisotopic (exact) mass is 477 g/mol. The van der Waals surface area contributed by atoms with Crippen molar-refractivity contribution in [3.05, 3.63) is 46.2 Å². The van der Waals surface area contributed by atoms with Gasteiger partial charge in [0.05, 0.1) is 6.54 Å². The van der Waals surface area contributed by atoms with Crippen LogP contribution in [-0.4, -0.2) is 29.9 Å². The Labute approximate surface area is 167 Å². The molecule has 0 radical (unpaired) electrons. The van der Waals surface area contributed by atoms with Gasteiger partial charge in [-0.1, -0.05) is 0 Å². The van der Waals surface area contributed by atoms with Crippen molar-refractivity contribution in [3.63, 3.8) is 0 Å². The number of guanidine groups is 1. The number of hydrogen-bond donors (Lipinski definition) is 3. The number of nitrogens with zero attached hydrogens (tertiary/aromatic N) is 2. The van der Waals surface area contributed by atoms with Gasteiger partial charge in [0.1, 0.15) is 17.4 Å². The minimum absolute atomic E-state index is 0. The summed E-state index contributed by atoms with van der Waals surface area (Å²) >= 11 is 1.61. The third-order valence-electron chi connectivity index (χ3n) is 2.93. The number of aromatic nitrogens is 1. The summed E-state index contributed by atoms with van der Waals surface area (Å²) in [6.45, 7) is 5.14. The first-order valence-corrected chi connectivity index (χ1v) is 8.37. The molecule has 136 valence electrons. The summed E-state index contributed by atoms with van der Waals surface area (Å²) in [5.74, 6) is -0.0782. The van der Waals surface area contributed by atoms with Crippen molar-refractivity contribution in [2.75, 3.05) is 18.4 Å². The van der Waals surface area contributed by atoms with Gasteiger partial charge in [-0.3, -0.25) is 4.79 Å². The van der Waals surface area contributed by atoms with Crippen LogP contribution < -0.4 is 16.0 Å². The summed E-state index contributed by atoms with van der Waals surface area (Å²) in [5, 5.41) is 9.82. The summed E-state index contributed by atoms with van der Waals surface area (Å²) in [7, 11) is 0. The summed E-state index contributed by atoms with van der Waals surface area (Å²) in [4.78, 5) is 21.6. The zero-order valence-electron chi connectivity index (χ0n) is 14.0. The molecule has 0 bridgehead atoms. The Morgan fingerprint density at radius 3 is 2.60 bits per heavy atom. The lowest BCUT2D eigenvalue weighted by atomic mass is 10.3. The Bertz CT molecular complexity index is 705. The number of nitrogens with one attached hydrogen (secondary N) is 3. The molecular weight excluding hydrogens is 456 g/mol. The molecule has 0 unspecified atom stereocenters. The highest BCUT2D eigenvalue weighted by Crippen LogP contribution is 2.10. The van der Waals surface area contributed by atoms with E-state index >= 15 is 0 Å². The van der Waals surface area contributed by atoms with E-state index in [9.17, 15) is 9.18 Å². The molecule has 1 amide bonds. The predicted molar refractivity (Wildman–Crippen MR) is 110 cm³/mol. The van der Waals surface area contributed by atoms with E-state index in [1.54, 1.807) is 11.3 Å². The average molecular weight is 477 g/mol. The van der Waals surface area contributed by atoms with Crippen molar-refractivity contribution in [2.45, 2.75) is 20.4 Å². The van der Waals surface area contributed by atoms with Crippen molar-refractivity contribution in [1.29, 1.82) is 0 Å². The number of rotatable bonds is 6. The van der Waals surface area contributed by atoms with E-state index in [1.165, 1.54) is 24.3 Å². The van der Waals surface area contributed by atoms with E-state index in [0.717, 1.165) is 9.88 Å². The van der Waals surface area contributed by atoms with Crippen LogP contribution in [0, 0.1) is 12.7 Å². The molecule has 0 saturated carbocycles. The molecule has 25 heavy (non-hydrogen) atoms. The Kier molecular flexibility index (Phi) is 9.35. The molecule has 0 aliphatic rings. The highest BCUT2D eigenvalue weighted by molar-refractivity contribution is 14.0. The first-order chi connectivity index (χ1) is 11.6. The summed E-state index contributed by atoms with van der Waals surface area (Å²) < 4.78 is 12.8. The van der Waals surface area contributed by atoms with E-state index in [1.807, 2.05) is 20.0 Å². The number of anilines is 1. The lowest BCUT2D eigenvalue weighted by Gasteiger charge is -2.10. The summed E-state index contributed by atoms with van der Waals surface area (Å²) in [6.07, 6.45) is 1.82. The van der Waals surface area contributed by atoms with Crippen LogP contribution in [0.1, 0.15) is 16.8 Å². The maximum atomic E-state index is 12.8. The summed E-state index contributed by atoms with van der Waals surface area (Å²) in [6, 6.07) is 5.59. The topological polar surface area (TPSA) is 78.4 Å². The van der Waals surface area contributed by atoms with Gasteiger partial charge in [-0.15, -0.1) is 35.3 Å². The maximum absolute atomic E-state index is 12.8. The van der Waals surface area contributed by atoms with Gasteiger partial charge in [0.25, 0.3) is 0 Å². The predicted octanol–water partition coefficient (Wildman–Crippen LogP) is 2.90. The molecule has 6 nitrogen and oxygen atoms in total. The number of amides is 1. The van der Waals surface area contributed by atoms with Crippen LogP contribution in [0.3, 0.4) is 0 Å². The maximum Gasteiger partial charge on any atom is 0.246 e. The van der Waals surface area contributed by atoms with Crippen LogP contribution in [0.5, 0.6) is 0 Å². The van der Waals surface area contributed by atoms with Crippen LogP contribution in [0.2, 0.25) is 0 Å². The van der Waals surface area contributed by atoms with Gasteiger partial charge in [0.2, 0.25) is 5.91 Å². The van der Waals surface area contributed by atoms with Crippen LogP contribution in [0.15, 0.2) is 35.5 Å². The van der Waals surface area contributed by atoms with Crippen LogP contribution in [0.4, 0.5) is 10.1 Å². The highest BCUT2D eigenvalue weighted by atomic mass is 127. The SMILES string of the molecule is CCNC(=NCC(=O)Nc1ccc(F)cc1)NCc1ncc(C)s1.I. The Morgan fingerprint density at radius 1 is 1.28 bits per heavy atom. The molecule has 9 heteroatoms. The Hall–Kier alpha value is -1.75. The van der Waals surface area contributed by atoms with Crippen LogP contribution in [-0.2, 0) is 11.3 Å². The van der Waals surface area contributed by atoms with Crippen molar-refractivity contribution in [3.8, 4) is 0 Å². The number of halogens is 2. The third-order valence-corrected chi connectivity index (χ3v) is 3.84. The van der Waals surface area contributed by atoms with Crippen LogP contribution in [0.25, 0.3) is 0 Å². The minimum Gasteiger partial charge on any atom is -0.357 e. The van der Waals surface area contributed by atoms with E-state index < -0.39 is 0 Å². The Morgan fingerprint density at radius 2 is 2.00 bits per heavy atom. The molecule has 1 aromatic carbocycles. The van der Waals surface area contributed by atoms with E-state index in [2.05, 4.69) is 25.9 Å². The molecule has 3 N–H and O–H groups in total. The lowest BCUT2D eigenvalue weighted by Crippen LogP contribution is -2.37. The molecule has 0 spiro atoms. The molecule has 2 aromatic rings. The second-order valence-electron chi connectivity index (χ2n) is 4.97. The van der Waals surface area contributed by atoms with Crippen LogP contribution >= 0.6 is 35.3 Å². The smallest absolute Gasteiger partial charge is 0.246 e. The number of aliphatic imine (C=N–C) groups is 1.